The molecule has 0 saturated heterocycles. The monoisotopic (exact) mass is 381 g/mol. The number of guanidine groups is 1. The lowest BCUT2D eigenvalue weighted by Crippen LogP contribution is -2.40. The van der Waals surface area contributed by atoms with E-state index in [1.165, 1.54) is 44.2 Å². The van der Waals surface area contributed by atoms with Crippen LogP contribution in [0.3, 0.4) is 0 Å². The van der Waals surface area contributed by atoms with E-state index in [2.05, 4.69) is 20.6 Å². The number of hydrogen-bond donors (Lipinski definition) is 2. The SMILES string of the molecule is O=[N+]([O-])c1ccc(CN=C(NCc2ccccn2)NCC2CCCCC2)cc1. The van der Waals surface area contributed by atoms with Crippen LogP contribution >= 0.6 is 0 Å². The average Bonchev–Trinajstić information content (AvgIpc) is 2.75. The van der Waals surface area contributed by atoms with Crippen molar-refractivity contribution in [3.8, 4) is 0 Å². The number of nitrogens with zero attached hydrogens (tertiary/aromatic N) is 3. The van der Waals surface area contributed by atoms with Gasteiger partial charge in [0.2, 0.25) is 0 Å². The van der Waals surface area contributed by atoms with Gasteiger partial charge in [0, 0.05) is 24.9 Å². The lowest BCUT2D eigenvalue weighted by molar-refractivity contribution is -0.384. The molecule has 1 aromatic heterocycles. The minimum absolute atomic E-state index is 0.0941. The molecule has 1 aliphatic carbocycles. The van der Waals surface area contributed by atoms with Crippen LogP contribution in [-0.2, 0) is 13.1 Å². The number of rotatable bonds is 7. The van der Waals surface area contributed by atoms with Gasteiger partial charge in [-0.1, -0.05) is 37.5 Å². The molecule has 7 nitrogen and oxygen atoms in total. The van der Waals surface area contributed by atoms with E-state index >= 15 is 0 Å². The molecule has 0 bridgehead atoms. The normalized spacial score (nSPS) is 15.2. The van der Waals surface area contributed by atoms with Gasteiger partial charge in [-0.3, -0.25) is 15.1 Å². The topological polar surface area (TPSA) is 92.5 Å². The van der Waals surface area contributed by atoms with Gasteiger partial charge in [-0.05, 0) is 36.5 Å². The summed E-state index contributed by atoms with van der Waals surface area (Å²) in [5, 5.41) is 17.6. The van der Waals surface area contributed by atoms with E-state index in [1.54, 1.807) is 18.3 Å². The van der Waals surface area contributed by atoms with Crippen LogP contribution < -0.4 is 10.6 Å². The highest BCUT2D eigenvalue weighted by molar-refractivity contribution is 5.79. The molecule has 148 valence electrons. The van der Waals surface area contributed by atoms with Gasteiger partial charge < -0.3 is 10.6 Å². The number of nitro benzene ring substituents is 1. The molecule has 0 aliphatic heterocycles. The van der Waals surface area contributed by atoms with Crippen LogP contribution in [0.25, 0.3) is 0 Å². The van der Waals surface area contributed by atoms with Crippen molar-refractivity contribution < 1.29 is 4.92 Å². The lowest BCUT2D eigenvalue weighted by Gasteiger charge is -2.23. The van der Waals surface area contributed by atoms with Crippen molar-refractivity contribution in [2.75, 3.05) is 6.54 Å². The van der Waals surface area contributed by atoms with E-state index < -0.39 is 4.92 Å². The Morgan fingerprint density at radius 3 is 2.57 bits per heavy atom. The van der Waals surface area contributed by atoms with Gasteiger partial charge in [-0.15, -0.1) is 0 Å². The summed E-state index contributed by atoms with van der Waals surface area (Å²) in [6, 6.07) is 12.4. The Kier molecular flexibility index (Phi) is 7.35. The molecule has 0 radical (unpaired) electrons. The predicted molar refractivity (Wildman–Crippen MR) is 110 cm³/mol. The molecular formula is C21H27N5O2. The van der Waals surface area contributed by atoms with Gasteiger partial charge >= 0.3 is 0 Å². The van der Waals surface area contributed by atoms with E-state index in [9.17, 15) is 10.1 Å². The van der Waals surface area contributed by atoms with E-state index in [0.717, 1.165) is 23.8 Å². The van der Waals surface area contributed by atoms with Crippen molar-refractivity contribution in [3.05, 3.63) is 70.0 Å². The Hall–Kier alpha value is -2.96. The molecule has 7 heteroatoms. The van der Waals surface area contributed by atoms with Crippen LogP contribution in [0.5, 0.6) is 0 Å². The zero-order valence-corrected chi connectivity index (χ0v) is 16.0. The van der Waals surface area contributed by atoms with Gasteiger partial charge in [-0.2, -0.15) is 0 Å². The first-order valence-electron chi connectivity index (χ1n) is 9.86. The minimum atomic E-state index is -0.390. The van der Waals surface area contributed by atoms with Crippen molar-refractivity contribution in [1.29, 1.82) is 0 Å². The van der Waals surface area contributed by atoms with E-state index in [0.29, 0.717) is 19.0 Å². The summed E-state index contributed by atoms with van der Waals surface area (Å²) < 4.78 is 0. The van der Waals surface area contributed by atoms with Crippen molar-refractivity contribution in [2.24, 2.45) is 10.9 Å². The molecular weight excluding hydrogens is 354 g/mol. The van der Waals surface area contributed by atoms with Crippen molar-refractivity contribution in [2.45, 2.75) is 45.2 Å². The van der Waals surface area contributed by atoms with Crippen LogP contribution in [-0.4, -0.2) is 22.4 Å². The molecule has 3 rings (SSSR count). The Morgan fingerprint density at radius 2 is 1.89 bits per heavy atom. The minimum Gasteiger partial charge on any atom is -0.356 e. The summed E-state index contributed by atoms with van der Waals surface area (Å²) >= 11 is 0. The quantitative estimate of drug-likeness (QED) is 0.329. The first kappa shape index (κ1) is 19.8. The van der Waals surface area contributed by atoms with Crippen molar-refractivity contribution >= 4 is 11.6 Å². The first-order valence-corrected chi connectivity index (χ1v) is 9.86. The maximum absolute atomic E-state index is 10.8. The average molecular weight is 381 g/mol. The molecule has 0 atom stereocenters. The zero-order chi connectivity index (χ0) is 19.6. The third kappa shape index (κ3) is 6.33. The summed E-state index contributed by atoms with van der Waals surface area (Å²) in [5.74, 6) is 1.43. The third-order valence-electron chi connectivity index (χ3n) is 5.01. The van der Waals surface area contributed by atoms with Gasteiger partial charge in [0.05, 0.1) is 23.7 Å². The maximum Gasteiger partial charge on any atom is 0.269 e. The Bertz CT molecular complexity index is 771. The van der Waals surface area contributed by atoms with Gasteiger partial charge in [0.15, 0.2) is 5.96 Å². The molecule has 1 saturated carbocycles. The molecule has 2 N–H and O–H groups in total. The third-order valence-corrected chi connectivity index (χ3v) is 5.01. The van der Waals surface area contributed by atoms with E-state index in [4.69, 9.17) is 0 Å². The molecule has 1 heterocycles. The van der Waals surface area contributed by atoms with Gasteiger partial charge in [0.25, 0.3) is 5.69 Å². The summed E-state index contributed by atoms with van der Waals surface area (Å²) in [4.78, 5) is 19.4. The van der Waals surface area contributed by atoms with Crippen LogP contribution in [0.15, 0.2) is 53.7 Å². The number of pyridine rings is 1. The second-order valence-corrected chi connectivity index (χ2v) is 7.15. The number of hydrogen-bond acceptors (Lipinski definition) is 4. The zero-order valence-electron chi connectivity index (χ0n) is 16.0. The summed E-state index contributed by atoms with van der Waals surface area (Å²) in [6.07, 6.45) is 8.27. The fraction of sp³-hybridized carbons (Fsp3) is 0.429. The van der Waals surface area contributed by atoms with Crippen molar-refractivity contribution in [3.63, 3.8) is 0 Å². The highest BCUT2D eigenvalue weighted by Crippen LogP contribution is 2.22. The summed E-state index contributed by atoms with van der Waals surface area (Å²) in [7, 11) is 0. The fourth-order valence-corrected chi connectivity index (χ4v) is 3.38. The number of nitrogens with one attached hydrogen (secondary N) is 2. The molecule has 1 aliphatic rings. The Labute approximate surface area is 165 Å². The highest BCUT2D eigenvalue weighted by atomic mass is 16.6. The lowest BCUT2D eigenvalue weighted by atomic mass is 9.89. The molecule has 0 unspecified atom stereocenters. The fourth-order valence-electron chi connectivity index (χ4n) is 3.38. The molecule has 0 amide bonds. The van der Waals surface area contributed by atoms with Crippen LogP contribution in [0.2, 0.25) is 0 Å². The van der Waals surface area contributed by atoms with E-state index in [1.807, 2.05) is 18.2 Å². The molecule has 2 aromatic rings. The number of non-ortho nitro benzene ring substituents is 1. The van der Waals surface area contributed by atoms with Gasteiger partial charge in [0.1, 0.15) is 0 Å². The first-order chi connectivity index (χ1) is 13.7. The standard InChI is InChI=1S/C21H27N5O2/c27-26(28)20-11-9-18(10-12-20)15-24-21(23-14-17-6-2-1-3-7-17)25-16-19-8-4-5-13-22-19/h4-5,8-13,17H,1-3,6-7,14-16H2,(H2,23,24,25). The van der Waals surface area contributed by atoms with Crippen molar-refractivity contribution in [1.82, 2.24) is 15.6 Å². The molecule has 1 aromatic carbocycles. The summed E-state index contributed by atoms with van der Waals surface area (Å²) in [5.41, 5.74) is 1.98. The second-order valence-electron chi connectivity index (χ2n) is 7.15. The number of benzene rings is 1. The highest BCUT2D eigenvalue weighted by Gasteiger charge is 2.13. The number of nitro groups is 1. The Morgan fingerprint density at radius 1 is 1.11 bits per heavy atom. The second kappa shape index (κ2) is 10.4. The molecule has 0 spiro atoms. The number of aromatic nitrogens is 1. The summed E-state index contributed by atoms with van der Waals surface area (Å²) in [6.45, 7) is 1.96. The van der Waals surface area contributed by atoms with Crippen LogP contribution in [0, 0.1) is 16.0 Å². The predicted octanol–water partition coefficient (Wildman–Crippen LogP) is 3.81. The van der Waals surface area contributed by atoms with E-state index in [-0.39, 0.29) is 5.69 Å². The van der Waals surface area contributed by atoms with Crippen LogP contribution in [0.4, 0.5) is 5.69 Å². The largest absolute Gasteiger partial charge is 0.356 e. The van der Waals surface area contributed by atoms with Crippen LogP contribution in [0.1, 0.15) is 43.4 Å². The molecule has 1 fully saturated rings. The number of aliphatic imine (C=N–C) groups is 1. The maximum atomic E-state index is 10.8. The van der Waals surface area contributed by atoms with Gasteiger partial charge in [-0.25, -0.2) is 4.99 Å². The molecule has 28 heavy (non-hydrogen) atoms. The Balaban J connectivity index is 1.61. The smallest absolute Gasteiger partial charge is 0.269 e.